The Balaban J connectivity index is 2.15. The van der Waals surface area contributed by atoms with Crippen LogP contribution in [0.15, 0.2) is 21.2 Å². The first kappa shape index (κ1) is 13.9. The van der Waals surface area contributed by atoms with Crippen LogP contribution in [0.2, 0.25) is 0 Å². The molecule has 0 radical (unpaired) electrons. The van der Waals surface area contributed by atoms with E-state index in [1.165, 1.54) is 18.2 Å². The fraction of sp³-hybridized carbons (Fsp3) is 0.583. The molecule has 1 heterocycles. The summed E-state index contributed by atoms with van der Waals surface area (Å²) >= 11 is 1.33. The Labute approximate surface area is 115 Å². The zero-order chi connectivity index (χ0) is 13.7. The molecular weight excluding hydrogens is 266 g/mol. The van der Waals surface area contributed by atoms with Crippen LogP contribution in [0, 0.1) is 0 Å². The number of aromatic amines is 1. The molecule has 0 aliphatic heterocycles. The van der Waals surface area contributed by atoms with Crippen LogP contribution in [0.5, 0.6) is 5.88 Å². The number of rotatable bonds is 2. The monoisotopic (exact) mass is 283 g/mol. The highest BCUT2D eigenvalue weighted by Crippen LogP contribution is 2.29. The Morgan fingerprint density at radius 3 is 2.89 bits per heavy atom. The van der Waals surface area contributed by atoms with Crippen LogP contribution in [-0.4, -0.2) is 31.2 Å². The molecule has 19 heavy (non-hydrogen) atoms. The number of hydrogen-bond acceptors (Lipinski definition) is 6. The summed E-state index contributed by atoms with van der Waals surface area (Å²) in [6.07, 6.45) is 6.03. The van der Waals surface area contributed by atoms with Gasteiger partial charge in [0.25, 0.3) is 5.56 Å². The summed E-state index contributed by atoms with van der Waals surface area (Å²) in [6, 6.07) is 1.03. The third kappa shape index (κ3) is 3.99. The molecule has 1 atom stereocenters. The van der Waals surface area contributed by atoms with Gasteiger partial charge in [0.1, 0.15) is 0 Å². The lowest BCUT2D eigenvalue weighted by Crippen LogP contribution is -2.20. The number of H-pyrrole nitrogens is 1. The SMILES string of the molecule is O=c1cc(O)nc(SC2CCCCCCC2=NO)[nH]1. The van der Waals surface area contributed by atoms with Gasteiger partial charge in [-0.25, -0.2) is 0 Å². The standard InChI is InChI=1S/C12H17N3O3S/c16-10-7-11(17)14-12(13-10)19-9-6-4-2-1-3-5-8(9)15-18/h7,9,18H,1-6H2,(H2,13,14,16,17). The highest BCUT2D eigenvalue weighted by atomic mass is 32.2. The van der Waals surface area contributed by atoms with Crippen molar-refractivity contribution in [1.82, 2.24) is 9.97 Å². The third-order valence-corrected chi connectivity index (χ3v) is 4.32. The number of hydrogen-bond donors (Lipinski definition) is 3. The molecule has 1 unspecified atom stereocenters. The Morgan fingerprint density at radius 2 is 2.16 bits per heavy atom. The van der Waals surface area contributed by atoms with E-state index >= 15 is 0 Å². The molecule has 0 spiro atoms. The van der Waals surface area contributed by atoms with E-state index in [1.54, 1.807) is 0 Å². The summed E-state index contributed by atoms with van der Waals surface area (Å²) in [4.78, 5) is 17.7. The fourth-order valence-corrected chi connectivity index (χ4v) is 3.33. The summed E-state index contributed by atoms with van der Waals surface area (Å²) < 4.78 is 0. The molecule has 1 aromatic rings. The van der Waals surface area contributed by atoms with E-state index in [-0.39, 0.29) is 16.7 Å². The van der Waals surface area contributed by atoms with Crippen molar-refractivity contribution in [3.05, 3.63) is 16.4 Å². The molecule has 2 rings (SSSR count). The predicted octanol–water partition coefficient (Wildman–Crippen LogP) is 2.12. The van der Waals surface area contributed by atoms with Gasteiger partial charge >= 0.3 is 0 Å². The van der Waals surface area contributed by atoms with Crippen molar-refractivity contribution in [2.75, 3.05) is 0 Å². The maximum atomic E-state index is 11.3. The molecule has 0 amide bonds. The van der Waals surface area contributed by atoms with Gasteiger partial charge in [0.2, 0.25) is 5.88 Å². The van der Waals surface area contributed by atoms with Crippen LogP contribution in [0.25, 0.3) is 0 Å². The largest absolute Gasteiger partial charge is 0.493 e. The van der Waals surface area contributed by atoms with Gasteiger partial charge in [0.05, 0.1) is 17.0 Å². The van der Waals surface area contributed by atoms with Gasteiger partial charge in [0.15, 0.2) is 5.16 Å². The number of nitrogens with zero attached hydrogens (tertiary/aromatic N) is 2. The molecule has 104 valence electrons. The average Bonchev–Trinajstić information content (AvgIpc) is 2.32. The van der Waals surface area contributed by atoms with Crippen molar-refractivity contribution in [2.24, 2.45) is 5.16 Å². The van der Waals surface area contributed by atoms with Gasteiger partial charge in [-0.3, -0.25) is 4.79 Å². The Bertz CT molecular complexity index is 515. The Morgan fingerprint density at radius 1 is 1.37 bits per heavy atom. The van der Waals surface area contributed by atoms with Gasteiger partial charge in [-0.2, -0.15) is 4.98 Å². The maximum absolute atomic E-state index is 11.3. The summed E-state index contributed by atoms with van der Waals surface area (Å²) in [7, 11) is 0. The van der Waals surface area contributed by atoms with E-state index in [4.69, 9.17) is 5.21 Å². The minimum atomic E-state index is -0.386. The second-order valence-electron chi connectivity index (χ2n) is 4.56. The van der Waals surface area contributed by atoms with Crippen LogP contribution >= 0.6 is 11.8 Å². The van der Waals surface area contributed by atoms with Crippen molar-refractivity contribution in [2.45, 2.75) is 48.9 Å². The van der Waals surface area contributed by atoms with Crippen LogP contribution in [0.3, 0.4) is 0 Å². The first-order valence-corrected chi connectivity index (χ1v) is 7.25. The van der Waals surface area contributed by atoms with Crippen molar-refractivity contribution < 1.29 is 10.3 Å². The number of aromatic nitrogens is 2. The third-order valence-electron chi connectivity index (χ3n) is 3.11. The molecule has 7 heteroatoms. The second-order valence-corrected chi connectivity index (χ2v) is 5.75. The first-order valence-electron chi connectivity index (χ1n) is 6.37. The summed E-state index contributed by atoms with van der Waals surface area (Å²) in [5.41, 5.74) is 0.346. The minimum absolute atomic E-state index is 0.00440. The maximum Gasteiger partial charge on any atom is 0.255 e. The highest BCUT2D eigenvalue weighted by Gasteiger charge is 2.21. The molecule has 0 saturated heterocycles. The van der Waals surface area contributed by atoms with Gasteiger partial charge in [-0.1, -0.05) is 36.2 Å². The molecule has 6 nitrogen and oxygen atoms in total. The lowest BCUT2D eigenvalue weighted by atomic mass is 9.99. The van der Waals surface area contributed by atoms with Crippen LogP contribution in [-0.2, 0) is 0 Å². The van der Waals surface area contributed by atoms with E-state index in [1.807, 2.05) is 0 Å². The predicted molar refractivity (Wildman–Crippen MR) is 73.1 cm³/mol. The van der Waals surface area contributed by atoms with E-state index in [9.17, 15) is 9.90 Å². The molecule has 1 aliphatic rings. The normalized spacial score (nSPS) is 22.9. The van der Waals surface area contributed by atoms with Crippen molar-refractivity contribution in [3.8, 4) is 5.88 Å². The van der Waals surface area contributed by atoms with E-state index < -0.39 is 0 Å². The van der Waals surface area contributed by atoms with Gasteiger partial charge in [-0.15, -0.1) is 0 Å². The molecule has 0 aromatic carbocycles. The average molecular weight is 283 g/mol. The van der Waals surface area contributed by atoms with Crippen molar-refractivity contribution in [1.29, 1.82) is 0 Å². The van der Waals surface area contributed by atoms with Gasteiger partial charge in [0, 0.05) is 0 Å². The van der Waals surface area contributed by atoms with Crippen LogP contribution < -0.4 is 5.56 Å². The summed E-state index contributed by atoms with van der Waals surface area (Å²) in [6.45, 7) is 0. The molecule has 0 bridgehead atoms. The van der Waals surface area contributed by atoms with Crippen LogP contribution in [0.1, 0.15) is 38.5 Å². The molecule has 1 fully saturated rings. The Kier molecular flexibility index (Phi) is 4.84. The highest BCUT2D eigenvalue weighted by molar-refractivity contribution is 8.00. The molecule has 1 aromatic heterocycles. The quantitative estimate of drug-likeness (QED) is 0.438. The molecule has 1 aliphatic carbocycles. The summed E-state index contributed by atoms with van der Waals surface area (Å²) in [5, 5.41) is 22.2. The molecule has 3 N–H and O–H groups in total. The first-order chi connectivity index (χ1) is 9.19. The fourth-order valence-electron chi connectivity index (χ4n) is 2.17. The number of thioether (sulfide) groups is 1. The van der Waals surface area contributed by atoms with Crippen molar-refractivity contribution in [3.63, 3.8) is 0 Å². The summed E-state index contributed by atoms with van der Waals surface area (Å²) in [5.74, 6) is -0.292. The van der Waals surface area contributed by atoms with E-state index in [0.717, 1.165) is 43.9 Å². The zero-order valence-corrected chi connectivity index (χ0v) is 11.3. The smallest absolute Gasteiger partial charge is 0.255 e. The lowest BCUT2D eigenvalue weighted by Gasteiger charge is -2.19. The van der Waals surface area contributed by atoms with E-state index in [0.29, 0.717) is 5.16 Å². The number of nitrogens with one attached hydrogen (secondary N) is 1. The Hall–Kier alpha value is -1.50. The minimum Gasteiger partial charge on any atom is -0.493 e. The number of oxime groups is 1. The zero-order valence-electron chi connectivity index (χ0n) is 10.5. The van der Waals surface area contributed by atoms with Gasteiger partial charge in [-0.05, 0) is 19.3 Å². The number of aromatic hydroxyl groups is 1. The topological polar surface area (TPSA) is 98.6 Å². The van der Waals surface area contributed by atoms with Gasteiger partial charge < -0.3 is 15.3 Å². The van der Waals surface area contributed by atoms with Crippen molar-refractivity contribution >= 4 is 17.5 Å². The molecule has 1 saturated carbocycles. The molecular formula is C12H17N3O3S. The lowest BCUT2D eigenvalue weighted by molar-refractivity contribution is 0.315. The van der Waals surface area contributed by atoms with E-state index in [2.05, 4.69) is 15.1 Å². The van der Waals surface area contributed by atoms with Crippen LogP contribution in [0.4, 0.5) is 0 Å². The second kappa shape index (κ2) is 6.60.